The normalized spacial score (nSPS) is 15.2. The first-order valence-electron chi connectivity index (χ1n) is 6.05. The SMILES string of the molecule is CCCOc1nc(NC)nc(OC2CCC2)n1. The minimum absolute atomic E-state index is 0.251. The van der Waals surface area contributed by atoms with Gasteiger partial charge in [-0.1, -0.05) is 6.92 Å². The van der Waals surface area contributed by atoms with E-state index in [0.29, 0.717) is 24.6 Å². The predicted octanol–water partition coefficient (Wildman–Crippen LogP) is 1.63. The molecule has 0 amide bonds. The molecule has 0 spiro atoms. The zero-order chi connectivity index (χ0) is 12.1. The molecule has 0 saturated heterocycles. The van der Waals surface area contributed by atoms with Gasteiger partial charge >= 0.3 is 12.0 Å². The molecular formula is C11H18N4O2. The molecule has 0 unspecified atom stereocenters. The molecule has 0 atom stereocenters. The van der Waals surface area contributed by atoms with E-state index >= 15 is 0 Å². The van der Waals surface area contributed by atoms with Crippen LogP contribution in [0.1, 0.15) is 32.6 Å². The van der Waals surface area contributed by atoms with E-state index < -0.39 is 0 Å². The summed E-state index contributed by atoms with van der Waals surface area (Å²) in [5, 5.41) is 2.87. The minimum atomic E-state index is 0.251. The largest absolute Gasteiger partial charge is 0.463 e. The van der Waals surface area contributed by atoms with Crippen molar-refractivity contribution >= 4 is 5.95 Å². The molecule has 6 nitrogen and oxygen atoms in total. The Morgan fingerprint density at radius 2 is 2.00 bits per heavy atom. The van der Waals surface area contributed by atoms with Gasteiger partial charge in [0.2, 0.25) is 5.95 Å². The number of aromatic nitrogens is 3. The van der Waals surface area contributed by atoms with Crippen LogP contribution < -0.4 is 14.8 Å². The predicted molar refractivity (Wildman–Crippen MR) is 63.4 cm³/mol. The van der Waals surface area contributed by atoms with Crippen LogP contribution in [0, 0.1) is 0 Å². The smallest absolute Gasteiger partial charge is 0.324 e. The van der Waals surface area contributed by atoms with Crippen molar-refractivity contribution in [3.8, 4) is 12.0 Å². The zero-order valence-electron chi connectivity index (χ0n) is 10.3. The highest BCUT2D eigenvalue weighted by Gasteiger charge is 2.21. The summed E-state index contributed by atoms with van der Waals surface area (Å²) < 4.78 is 11.0. The van der Waals surface area contributed by atoms with Crippen LogP contribution in [-0.4, -0.2) is 34.7 Å². The average Bonchev–Trinajstić information content (AvgIpc) is 2.31. The van der Waals surface area contributed by atoms with Crippen molar-refractivity contribution in [2.24, 2.45) is 0 Å². The van der Waals surface area contributed by atoms with Gasteiger partial charge in [0.1, 0.15) is 6.10 Å². The Balaban J connectivity index is 2.06. The fraction of sp³-hybridized carbons (Fsp3) is 0.727. The molecule has 1 aromatic heterocycles. The molecule has 0 aliphatic heterocycles. The number of ether oxygens (including phenoxy) is 2. The van der Waals surface area contributed by atoms with E-state index in [4.69, 9.17) is 9.47 Å². The molecule has 1 N–H and O–H groups in total. The first-order chi connectivity index (χ1) is 8.31. The number of rotatable bonds is 6. The van der Waals surface area contributed by atoms with Gasteiger partial charge in [0.15, 0.2) is 0 Å². The molecule has 0 bridgehead atoms. The highest BCUT2D eigenvalue weighted by Crippen LogP contribution is 2.24. The molecule has 94 valence electrons. The van der Waals surface area contributed by atoms with Gasteiger partial charge in [0.05, 0.1) is 6.61 Å². The third-order valence-electron chi connectivity index (χ3n) is 2.58. The van der Waals surface area contributed by atoms with E-state index in [1.807, 2.05) is 6.92 Å². The molecule has 1 aromatic rings. The van der Waals surface area contributed by atoms with Gasteiger partial charge in [0.25, 0.3) is 0 Å². The maximum Gasteiger partial charge on any atom is 0.324 e. The van der Waals surface area contributed by atoms with Crippen LogP contribution in [0.15, 0.2) is 0 Å². The summed E-state index contributed by atoms with van der Waals surface area (Å²) in [4.78, 5) is 12.4. The molecule has 1 fully saturated rings. The van der Waals surface area contributed by atoms with Gasteiger partial charge in [0, 0.05) is 7.05 Å². The summed E-state index contributed by atoms with van der Waals surface area (Å²) >= 11 is 0. The van der Waals surface area contributed by atoms with Gasteiger partial charge in [-0.15, -0.1) is 4.98 Å². The molecule has 1 heterocycles. The second-order valence-electron chi connectivity index (χ2n) is 3.99. The standard InChI is InChI=1S/C11H18N4O2/c1-3-7-16-10-13-9(12-2)14-11(15-10)17-8-5-4-6-8/h8H,3-7H2,1-2H3,(H,12,13,14,15). The summed E-state index contributed by atoms with van der Waals surface area (Å²) in [6.45, 7) is 2.63. The van der Waals surface area contributed by atoms with Crippen LogP contribution in [0.25, 0.3) is 0 Å². The highest BCUT2D eigenvalue weighted by atomic mass is 16.5. The van der Waals surface area contributed by atoms with Crippen molar-refractivity contribution in [2.75, 3.05) is 19.0 Å². The fourth-order valence-corrected chi connectivity index (χ4v) is 1.40. The summed E-state index contributed by atoms with van der Waals surface area (Å²) in [6.07, 6.45) is 4.53. The summed E-state index contributed by atoms with van der Waals surface area (Å²) in [5.74, 6) is 0.473. The number of nitrogens with zero attached hydrogens (tertiary/aromatic N) is 3. The van der Waals surface area contributed by atoms with E-state index in [0.717, 1.165) is 19.3 Å². The molecule has 6 heteroatoms. The van der Waals surface area contributed by atoms with Gasteiger partial charge < -0.3 is 14.8 Å². The fourth-order valence-electron chi connectivity index (χ4n) is 1.40. The zero-order valence-corrected chi connectivity index (χ0v) is 10.3. The number of anilines is 1. The summed E-state index contributed by atoms with van der Waals surface area (Å²) in [7, 11) is 1.76. The number of hydrogen-bond donors (Lipinski definition) is 1. The van der Waals surface area contributed by atoms with E-state index in [9.17, 15) is 0 Å². The van der Waals surface area contributed by atoms with E-state index in [2.05, 4.69) is 20.3 Å². The lowest BCUT2D eigenvalue weighted by atomic mass is 9.96. The summed E-state index contributed by atoms with van der Waals surface area (Å²) in [6, 6.07) is 0.667. The van der Waals surface area contributed by atoms with Gasteiger partial charge in [-0.05, 0) is 25.7 Å². The van der Waals surface area contributed by atoms with Crippen LogP contribution in [0.5, 0.6) is 12.0 Å². The lowest BCUT2D eigenvalue weighted by molar-refractivity contribution is 0.106. The van der Waals surface area contributed by atoms with E-state index in [1.165, 1.54) is 6.42 Å². The molecule has 1 saturated carbocycles. The second-order valence-corrected chi connectivity index (χ2v) is 3.99. The van der Waals surface area contributed by atoms with Crippen molar-refractivity contribution in [2.45, 2.75) is 38.7 Å². The Labute approximate surface area is 101 Å². The molecule has 17 heavy (non-hydrogen) atoms. The van der Waals surface area contributed by atoms with E-state index in [-0.39, 0.29) is 6.10 Å². The summed E-state index contributed by atoms with van der Waals surface area (Å²) in [5.41, 5.74) is 0. The van der Waals surface area contributed by atoms with Crippen molar-refractivity contribution < 1.29 is 9.47 Å². The van der Waals surface area contributed by atoms with Gasteiger partial charge in [-0.2, -0.15) is 9.97 Å². The second kappa shape index (κ2) is 5.65. The van der Waals surface area contributed by atoms with Crippen LogP contribution in [0.2, 0.25) is 0 Å². The lowest BCUT2D eigenvalue weighted by Gasteiger charge is -2.25. The molecular weight excluding hydrogens is 220 g/mol. The molecule has 0 aromatic carbocycles. The average molecular weight is 238 g/mol. The van der Waals surface area contributed by atoms with Crippen molar-refractivity contribution in [3.05, 3.63) is 0 Å². The Morgan fingerprint density at radius 3 is 2.59 bits per heavy atom. The first-order valence-corrected chi connectivity index (χ1v) is 6.05. The Kier molecular flexibility index (Phi) is 3.95. The highest BCUT2D eigenvalue weighted by molar-refractivity contribution is 5.26. The monoisotopic (exact) mass is 238 g/mol. The Hall–Kier alpha value is -1.59. The molecule has 1 aliphatic rings. The Morgan fingerprint density at radius 1 is 1.24 bits per heavy atom. The minimum Gasteiger partial charge on any atom is -0.463 e. The van der Waals surface area contributed by atoms with Gasteiger partial charge in [-0.25, -0.2) is 0 Å². The third-order valence-corrected chi connectivity index (χ3v) is 2.58. The maximum atomic E-state index is 5.63. The van der Waals surface area contributed by atoms with Gasteiger partial charge in [-0.3, -0.25) is 0 Å². The quantitative estimate of drug-likeness (QED) is 0.812. The van der Waals surface area contributed by atoms with Crippen LogP contribution in [0.3, 0.4) is 0 Å². The van der Waals surface area contributed by atoms with Crippen molar-refractivity contribution in [1.29, 1.82) is 0 Å². The molecule has 0 radical (unpaired) electrons. The first kappa shape index (κ1) is 11.9. The molecule has 1 aliphatic carbocycles. The Bertz CT molecular complexity index is 368. The van der Waals surface area contributed by atoms with Crippen molar-refractivity contribution in [3.63, 3.8) is 0 Å². The third kappa shape index (κ3) is 3.18. The topological polar surface area (TPSA) is 69.2 Å². The molecule has 2 rings (SSSR count). The number of nitrogens with one attached hydrogen (secondary N) is 1. The van der Waals surface area contributed by atoms with E-state index in [1.54, 1.807) is 7.05 Å². The lowest BCUT2D eigenvalue weighted by Crippen LogP contribution is -2.25. The van der Waals surface area contributed by atoms with Crippen LogP contribution in [-0.2, 0) is 0 Å². The van der Waals surface area contributed by atoms with Crippen LogP contribution >= 0.6 is 0 Å². The van der Waals surface area contributed by atoms with Crippen LogP contribution in [0.4, 0.5) is 5.95 Å². The van der Waals surface area contributed by atoms with Crippen molar-refractivity contribution in [1.82, 2.24) is 15.0 Å². The number of hydrogen-bond acceptors (Lipinski definition) is 6. The maximum absolute atomic E-state index is 5.63.